The van der Waals surface area contributed by atoms with Crippen LogP contribution in [0.2, 0.25) is 0 Å². The van der Waals surface area contributed by atoms with E-state index in [-0.39, 0.29) is 16.9 Å². The van der Waals surface area contributed by atoms with E-state index >= 15 is 0 Å². The Hall–Kier alpha value is -1.76. The van der Waals surface area contributed by atoms with Crippen LogP contribution in [0, 0.1) is 0 Å². The van der Waals surface area contributed by atoms with Gasteiger partial charge in [0.15, 0.2) is 0 Å². The summed E-state index contributed by atoms with van der Waals surface area (Å²) in [6, 6.07) is 4.10. The van der Waals surface area contributed by atoms with Crippen molar-refractivity contribution < 1.29 is 18.3 Å². The molecule has 0 saturated heterocycles. The van der Waals surface area contributed by atoms with Gasteiger partial charge >= 0.3 is 5.97 Å². The zero-order valence-electron chi connectivity index (χ0n) is 10.3. The molecule has 0 atom stereocenters. The first kappa shape index (κ1) is 13.7. The molecule has 0 aromatic heterocycles. The molecule has 4 N–H and O–H groups in total. The van der Waals surface area contributed by atoms with Crippen LogP contribution in [0.4, 0.5) is 11.4 Å². The van der Waals surface area contributed by atoms with Crippen molar-refractivity contribution in [3.63, 3.8) is 0 Å². The van der Waals surface area contributed by atoms with Crippen LogP contribution in [-0.4, -0.2) is 24.7 Å². The van der Waals surface area contributed by atoms with E-state index in [0.29, 0.717) is 12.8 Å². The number of nitrogens with one attached hydrogen (secondary N) is 1. The number of benzene rings is 1. The van der Waals surface area contributed by atoms with Crippen LogP contribution in [-0.2, 0) is 10.0 Å². The number of nitrogen functional groups attached to an aromatic ring is 1. The summed E-state index contributed by atoms with van der Waals surface area (Å²) < 4.78 is 26.6. The van der Waals surface area contributed by atoms with Gasteiger partial charge in [-0.15, -0.1) is 0 Å². The third-order valence-electron chi connectivity index (χ3n) is 3.27. The smallest absolute Gasteiger partial charge is 0.337 e. The van der Waals surface area contributed by atoms with Crippen molar-refractivity contribution in [2.75, 3.05) is 10.5 Å². The Bertz CT molecular complexity index is 592. The lowest BCUT2D eigenvalue weighted by atomic mass is 10.1. The molecular weight excluding hydrogens is 268 g/mol. The highest BCUT2D eigenvalue weighted by molar-refractivity contribution is 7.93. The average molecular weight is 284 g/mol. The molecule has 104 valence electrons. The van der Waals surface area contributed by atoms with E-state index in [1.807, 2.05) is 0 Å². The molecule has 1 fully saturated rings. The zero-order chi connectivity index (χ0) is 14.0. The second kappa shape index (κ2) is 5.08. The molecule has 0 radical (unpaired) electrons. The number of hydrogen-bond donors (Lipinski definition) is 3. The van der Waals surface area contributed by atoms with Crippen LogP contribution in [0.25, 0.3) is 0 Å². The Labute approximate surface area is 111 Å². The minimum Gasteiger partial charge on any atom is -0.478 e. The van der Waals surface area contributed by atoms with Crippen LogP contribution in [0.3, 0.4) is 0 Å². The maximum atomic E-state index is 12.1. The van der Waals surface area contributed by atoms with E-state index in [0.717, 1.165) is 12.8 Å². The molecule has 0 unspecified atom stereocenters. The average Bonchev–Trinajstić information content (AvgIpc) is 2.85. The molecule has 0 amide bonds. The number of carbonyl (C=O) groups is 1. The van der Waals surface area contributed by atoms with Gasteiger partial charge in [0.2, 0.25) is 10.0 Å². The number of carboxylic acid groups (broad SMARTS) is 1. The number of anilines is 2. The molecule has 1 aliphatic carbocycles. The second-order valence-corrected chi connectivity index (χ2v) is 6.62. The summed E-state index contributed by atoms with van der Waals surface area (Å²) in [6.07, 6.45) is 3.01. The lowest BCUT2D eigenvalue weighted by Gasteiger charge is -2.15. The van der Waals surface area contributed by atoms with Crippen LogP contribution in [0.1, 0.15) is 36.0 Å². The van der Waals surface area contributed by atoms with E-state index in [1.54, 1.807) is 0 Å². The van der Waals surface area contributed by atoms with Gasteiger partial charge in [0, 0.05) is 5.69 Å². The van der Waals surface area contributed by atoms with Crippen LogP contribution >= 0.6 is 0 Å². The van der Waals surface area contributed by atoms with Gasteiger partial charge in [-0.1, -0.05) is 12.8 Å². The summed E-state index contributed by atoms with van der Waals surface area (Å²) in [5, 5.41) is 8.62. The number of hydrogen-bond acceptors (Lipinski definition) is 4. The van der Waals surface area contributed by atoms with Gasteiger partial charge in [0.25, 0.3) is 0 Å². The van der Waals surface area contributed by atoms with Crippen molar-refractivity contribution in [3.8, 4) is 0 Å². The summed E-state index contributed by atoms with van der Waals surface area (Å²) >= 11 is 0. The van der Waals surface area contributed by atoms with Gasteiger partial charge < -0.3 is 10.8 Å². The van der Waals surface area contributed by atoms with Crippen molar-refractivity contribution in [1.82, 2.24) is 0 Å². The summed E-state index contributed by atoms with van der Waals surface area (Å²) in [4.78, 5) is 11.1. The number of sulfonamides is 1. The zero-order valence-corrected chi connectivity index (χ0v) is 11.1. The summed E-state index contributed by atoms with van der Waals surface area (Å²) in [6.45, 7) is 0. The molecule has 0 bridgehead atoms. The summed E-state index contributed by atoms with van der Waals surface area (Å²) in [5.41, 5.74) is 5.72. The quantitative estimate of drug-likeness (QED) is 0.728. The summed E-state index contributed by atoms with van der Waals surface area (Å²) in [5.74, 6) is -1.21. The monoisotopic (exact) mass is 284 g/mol. The molecule has 6 nitrogen and oxygen atoms in total. The standard InChI is InChI=1S/C12H16N2O4S/c13-8-5-6-11(10(7-8)12(15)16)14-19(17,18)9-3-1-2-4-9/h5-7,9,14H,1-4,13H2,(H,15,16). The largest absolute Gasteiger partial charge is 0.478 e. The highest BCUT2D eigenvalue weighted by Crippen LogP contribution is 2.28. The van der Waals surface area contributed by atoms with Gasteiger partial charge in [-0.25, -0.2) is 13.2 Å². The first-order valence-corrected chi connectivity index (χ1v) is 7.59. The van der Waals surface area contributed by atoms with Crippen molar-refractivity contribution in [1.29, 1.82) is 0 Å². The minimum absolute atomic E-state index is 0.0635. The van der Waals surface area contributed by atoms with Gasteiger partial charge in [0.1, 0.15) is 0 Å². The molecule has 7 heteroatoms. The van der Waals surface area contributed by atoms with Crippen LogP contribution in [0.5, 0.6) is 0 Å². The number of carboxylic acids is 1. The molecule has 1 saturated carbocycles. The molecule has 19 heavy (non-hydrogen) atoms. The SMILES string of the molecule is Nc1ccc(NS(=O)(=O)C2CCCC2)c(C(=O)O)c1. The third-order valence-corrected chi connectivity index (χ3v) is 5.12. The van der Waals surface area contributed by atoms with E-state index in [9.17, 15) is 13.2 Å². The van der Waals surface area contributed by atoms with Gasteiger partial charge in [-0.3, -0.25) is 4.72 Å². The fraction of sp³-hybridized carbons (Fsp3) is 0.417. The van der Waals surface area contributed by atoms with Crippen LogP contribution < -0.4 is 10.5 Å². The van der Waals surface area contributed by atoms with Gasteiger partial charge in [-0.05, 0) is 31.0 Å². The fourth-order valence-corrected chi connectivity index (χ4v) is 3.87. The first-order chi connectivity index (χ1) is 8.90. The fourth-order valence-electron chi connectivity index (χ4n) is 2.26. The normalized spacial score (nSPS) is 16.4. The second-order valence-electron chi connectivity index (χ2n) is 4.66. The summed E-state index contributed by atoms with van der Waals surface area (Å²) in [7, 11) is -3.54. The topological polar surface area (TPSA) is 109 Å². The molecule has 1 aromatic carbocycles. The lowest BCUT2D eigenvalue weighted by Crippen LogP contribution is -2.26. The van der Waals surface area contributed by atoms with Crippen molar-refractivity contribution in [3.05, 3.63) is 23.8 Å². The van der Waals surface area contributed by atoms with E-state index in [1.165, 1.54) is 18.2 Å². The Kier molecular flexibility index (Phi) is 3.66. The van der Waals surface area contributed by atoms with E-state index in [4.69, 9.17) is 10.8 Å². The van der Waals surface area contributed by atoms with E-state index < -0.39 is 21.2 Å². The Morgan fingerprint density at radius 3 is 2.53 bits per heavy atom. The van der Waals surface area contributed by atoms with Crippen molar-refractivity contribution in [2.45, 2.75) is 30.9 Å². The molecule has 2 rings (SSSR count). The first-order valence-electron chi connectivity index (χ1n) is 6.04. The van der Waals surface area contributed by atoms with Crippen molar-refractivity contribution in [2.24, 2.45) is 0 Å². The molecule has 0 spiro atoms. The van der Waals surface area contributed by atoms with Crippen LogP contribution in [0.15, 0.2) is 18.2 Å². The molecule has 0 aliphatic heterocycles. The minimum atomic E-state index is -3.54. The highest BCUT2D eigenvalue weighted by atomic mass is 32.2. The van der Waals surface area contributed by atoms with Gasteiger partial charge in [0.05, 0.1) is 16.5 Å². The molecule has 0 heterocycles. The number of aromatic carboxylic acids is 1. The highest BCUT2D eigenvalue weighted by Gasteiger charge is 2.29. The Morgan fingerprint density at radius 1 is 1.32 bits per heavy atom. The molecule has 1 aromatic rings. The third kappa shape index (κ3) is 2.98. The number of nitrogens with two attached hydrogens (primary N) is 1. The Morgan fingerprint density at radius 2 is 1.95 bits per heavy atom. The number of rotatable bonds is 4. The predicted octanol–water partition coefficient (Wildman–Crippen LogP) is 1.65. The maximum Gasteiger partial charge on any atom is 0.337 e. The molecule has 1 aliphatic rings. The lowest BCUT2D eigenvalue weighted by molar-refractivity contribution is 0.0698. The van der Waals surface area contributed by atoms with E-state index in [2.05, 4.69) is 4.72 Å². The molecular formula is C12H16N2O4S. The predicted molar refractivity (Wildman–Crippen MR) is 72.6 cm³/mol. The maximum absolute atomic E-state index is 12.1. The van der Waals surface area contributed by atoms with Gasteiger partial charge in [-0.2, -0.15) is 0 Å². The Balaban J connectivity index is 2.30. The van der Waals surface area contributed by atoms with Crippen molar-refractivity contribution >= 4 is 27.4 Å².